The average Bonchev–Trinajstić information content (AvgIpc) is 2.34. The molecule has 1 unspecified atom stereocenters. The van der Waals surface area contributed by atoms with Crippen molar-refractivity contribution >= 4 is 5.82 Å². The van der Waals surface area contributed by atoms with Gasteiger partial charge < -0.3 is 10.2 Å². The summed E-state index contributed by atoms with van der Waals surface area (Å²) in [6.07, 6.45) is 6.07. The second kappa shape index (κ2) is 6.19. The van der Waals surface area contributed by atoms with Crippen molar-refractivity contribution in [1.29, 1.82) is 0 Å². The van der Waals surface area contributed by atoms with Crippen LogP contribution in [0.1, 0.15) is 44.7 Å². The van der Waals surface area contributed by atoms with Gasteiger partial charge in [0.25, 0.3) is 0 Å². The van der Waals surface area contributed by atoms with Crippen molar-refractivity contribution in [2.24, 2.45) is 5.92 Å². The molecule has 3 heteroatoms. The quantitative estimate of drug-likeness (QED) is 0.837. The van der Waals surface area contributed by atoms with Gasteiger partial charge in [-0.25, -0.2) is 4.98 Å². The molecule has 0 radical (unpaired) electrons. The highest BCUT2D eigenvalue weighted by atomic mass is 15.2. The van der Waals surface area contributed by atoms with Crippen molar-refractivity contribution in [3.05, 3.63) is 23.9 Å². The lowest BCUT2D eigenvalue weighted by Gasteiger charge is -2.32. The molecule has 1 aromatic rings. The highest BCUT2D eigenvalue weighted by Gasteiger charge is 2.21. The molecule has 2 rings (SSSR count). The van der Waals surface area contributed by atoms with Gasteiger partial charge in [0, 0.05) is 31.4 Å². The van der Waals surface area contributed by atoms with Gasteiger partial charge in [-0.05, 0) is 38.3 Å². The number of aromatic nitrogens is 1. The standard InChI is InChI=1S/C15H25N3/c1-4-16-12(2)14-9-6-10-17-15(14)18(3)11-13-7-5-8-13/h6,9-10,12-13,16H,4-5,7-8,11H2,1-3H3. The van der Waals surface area contributed by atoms with Crippen LogP contribution in [0.5, 0.6) is 0 Å². The Morgan fingerprint density at radius 2 is 2.28 bits per heavy atom. The summed E-state index contributed by atoms with van der Waals surface area (Å²) in [6.45, 7) is 6.48. The lowest BCUT2D eigenvalue weighted by Crippen LogP contribution is -2.31. The molecule has 1 fully saturated rings. The molecule has 1 saturated carbocycles. The monoisotopic (exact) mass is 247 g/mol. The van der Waals surface area contributed by atoms with Gasteiger partial charge in [-0.2, -0.15) is 0 Å². The minimum atomic E-state index is 0.363. The van der Waals surface area contributed by atoms with E-state index in [4.69, 9.17) is 0 Å². The van der Waals surface area contributed by atoms with E-state index in [9.17, 15) is 0 Å². The maximum Gasteiger partial charge on any atom is 0.133 e. The zero-order chi connectivity index (χ0) is 13.0. The van der Waals surface area contributed by atoms with E-state index in [0.717, 1.165) is 24.8 Å². The van der Waals surface area contributed by atoms with Crippen LogP contribution in [0.25, 0.3) is 0 Å². The zero-order valence-corrected chi connectivity index (χ0v) is 11.8. The zero-order valence-electron chi connectivity index (χ0n) is 11.8. The minimum Gasteiger partial charge on any atom is -0.359 e. The van der Waals surface area contributed by atoms with E-state index >= 15 is 0 Å². The Morgan fingerprint density at radius 1 is 1.50 bits per heavy atom. The van der Waals surface area contributed by atoms with Crippen LogP contribution in [0.2, 0.25) is 0 Å². The van der Waals surface area contributed by atoms with Crippen LogP contribution >= 0.6 is 0 Å². The fourth-order valence-electron chi connectivity index (χ4n) is 2.63. The highest BCUT2D eigenvalue weighted by molar-refractivity contribution is 5.47. The average molecular weight is 247 g/mol. The molecular weight excluding hydrogens is 222 g/mol. The van der Waals surface area contributed by atoms with E-state index in [1.165, 1.54) is 24.8 Å². The van der Waals surface area contributed by atoms with E-state index in [0.29, 0.717) is 6.04 Å². The Hall–Kier alpha value is -1.09. The second-order valence-corrected chi connectivity index (χ2v) is 5.37. The molecule has 100 valence electrons. The number of hydrogen-bond acceptors (Lipinski definition) is 3. The summed E-state index contributed by atoms with van der Waals surface area (Å²) < 4.78 is 0. The van der Waals surface area contributed by atoms with Gasteiger partial charge >= 0.3 is 0 Å². The molecule has 1 atom stereocenters. The smallest absolute Gasteiger partial charge is 0.133 e. The first kappa shape index (κ1) is 13.3. The number of hydrogen-bond donors (Lipinski definition) is 1. The van der Waals surface area contributed by atoms with E-state index in [-0.39, 0.29) is 0 Å². The third kappa shape index (κ3) is 3.02. The van der Waals surface area contributed by atoms with Crippen LogP contribution in [0, 0.1) is 5.92 Å². The van der Waals surface area contributed by atoms with Crippen molar-refractivity contribution < 1.29 is 0 Å². The molecular formula is C15H25N3. The molecule has 0 aromatic carbocycles. The molecule has 0 aliphatic heterocycles. The maximum absolute atomic E-state index is 4.58. The van der Waals surface area contributed by atoms with E-state index < -0.39 is 0 Å². The van der Waals surface area contributed by atoms with Gasteiger partial charge in [-0.15, -0.1) is 0 Å². The van der Waals surface area contributed by atoms with E-state index in [1.54, 1.807) is 0 Å². The molecule has 1 N–H and O–H groups in total. The van der Waals surface area contributed by atoms with Crippen LogP contribution in [0.15, 0.2) is 18.3 Å². The predicted molar refractivity (Wildman–Crippen MR) is 76.9 cm³/mol. The predicted octanol–water partition coefficient (Wildman–Crippen LogP) is 2.99. The highest BCUT2D eigenvalue weighted by Crippen LogP contribution is 2.30. The SMILES string of the molecule is CCNC(C)c1cccnc1N(C)CC1CCC1. The summed E-state index contributed by atoms with van der Waals surface area (Å²) in [7, 11) is 2.17. The first-order chi connectivity index (χ1) is 8.72. The Bertz CT molecular complexity index is 374. The summed E-state index contributed by atoms with van der Waals surface area (Å²) in [5, 5.41) is 3.47. The van der Waals surface area contributed by atoms with Gasteiger partial charge in [0.05, 0.1) is 0 Å². The molecule has 3 nitrogen and oxygen atoms in total. The van der Waals surface area contributed by atoms with Crippen molar-refractivity contribution in [2.75, 3.05) is 25.0 Å². The van der Waals surface area contributed by atoms with E-state index in [2.05, 4.69) is 42.2 Å². The van der Waals surface area contributed by atoms with Crippen LogP contribution in [0.3, 0.4) is 0 Å². The number of anilines is 1. The largest absolute Gasteiger partial charge is 0.359 e. The maximum atomic E-state index is 4.58. The van der Waals surface area contributed by atoms with Crippen molar-refractivity contribution in [3.8, 4) is 0 Å². The third-order valence-electron chi connectivity index (χ3n) is 3.91. The Morgan fingerprint density at radius 3 is 2.89 bits per heavy atom. The lowest BCUT2D eigenvalue weighted by molar-refractivity contribution is 0.320. The fourth-order valence-corrected chi connectivity index (χ4v) is 2.63. The Labute approximate surface area is 111 Å². The molecule has 0 spiro atoms. The van der Waals surface area contributed by atoms with Crippen molar-refractivity contribution in [2.45, 2.75) is 39.2 Å². The summed E-state index contributed by atoms with van der Waals surface area (Å²) >= 11 is 0. The lowest BCUT2D eigenvalue weighted by atomic mass is 9.85. The molecule has 1 aromatic heterocycles. The second-order valence-electron chi connectivity index (χ2n) is 5.37. The van der Waals surface area contributed by atoms with Crippen molar-refractivity contribution in [1.82, 2.24) is 10.3 Å². The summed E-state index contributed by atoms with van der Waals surface area (Å²) in [6, 6.07) is 4.58. The number of rotatable bonds is 6. The molecule has 18 heavy (non-hydrogen) atoms. The normalized spacial score (nSPS) is 17.3. The summed E-state index contributed by atoms with van der Waals surface area (Å²) in [5.74, 6) is 2.01. The molecule has 0 amide bonds. The summed E-state index contributed by atoms with van der Waals surface area (Å²) in [5.41, 5.74) is 1.31. The van der Waals surface area contributed by atoms with Gasteiger partial charge in [0.15, 0.2) is 0 Å². The van der Waals surface area contributed by atoms with Crippen LogP contribution < -0.4 is 10.2 Å². The minimum absolute atomic E-state index is 0.363. The molecule has 1 heterocycles. The number of nitrogens with zero attached hydrogens (tertiary/aromatic N) is 2. The van der Waals surface area contributed by atoms with Crippen LogP contribution in [-0.4, -0.2) is 25.1 Å². The molecule has 0 saturated heterocycles. The number of pyridine rings is 1. The van der Waals surface area contributed by atoms with Gasteiger partial charge in [-0.3, -0.25) is 0 Å². The topological polar surface area (TPSA) is 28.2 Å². The van der Waals surface area contributed by atoms with E-state index in [1.807, 2.05) is 12.3 Å². The first-order valence-electron chi connectivity index (χ1n) is 7.11. The Kier molecular flexibility index (Phi) is 4.59. The number of nitrogens with one attached hydrogen (secondary N) is 1. The third-order valence-corrected chi connectivity index (χ3v) is 3.91. The van der Waals surface area contributed by atoms with Crippen molar-refractivity contribution in [3.63, 3.8) is 0 Å². The van der Waals surface area contributed by atoms with Gasteiger partial charge in [-0.1, -0.05) is 19.4 Å². The Balaban J connectivity index is 2.09. The molecule has 0 bridgehead atoms. The summed E-state index contributed by atoms with van der Waals surface area (Å²) in [4.78, 5) is 6.91. The van der Waals surface area contributed by atoms with Gasteiger partial charge in [0.2, 0.25) is 0 Å². The molecule has 1 aliphatic carbocycles. The van der Waals surface area contributed by atoms with Crippen LogP contribution in [0.4, 0.5) is 5.82 Å². The van der Waals surface area contributed by atoms with Gasteiger partial charge in [0.1, 0.15) is 5.82 Å². The first-order valence-corrected chi connectivity index (χ1v) is 7.11. The van der Waals surface area contributed by atoms with Crippen LogP contribution in [-0.2, 0) is 0 Å². The fraction of sp³-hybridized carbons (Fsp3) is 0.667. The molecule has 1 aliphatic rings.